The molecule has 0 heterocycles. The van der Waals surface area contributed by atoms with E-state index < -0.39 is 6.10 Å². The molecule has 0 fully saturated rings. The largest absolute Gasteiger partial charge is 0.508 e. The van der Waals surface area contributed by atoms with Gasteiger partial charge in [-0.2, -0.15) is 0 Å². The Morgan fingerprint density at radius 3 is 2.35 bits per heavy atom. The fourth-order valence-corrected chi connectivity index (χ4v) is 2.56. The Morgan fingerprint density at radius 2 is 1.70 bits per heavy atom. The van der Waals surface area contributed by atoms with E-state index in [0.717, 1.165) is 24.0 Å². The number of hydrogen-bond donors (Lipinski definition) is 2. The molecular weight excluding hydrogens is 252 g/mol. The van der Waals surface area contributed by atoms with Crippen LogP contribution >= 0.6 is 0 Å². The number of benzene rings is 1. The zero-order valence-electron chi connectivity index (χ0n) is 12.8. The molecule has 3 nitrogen and oxygen atoms in total. The molecule has 20 heavy (non-hydrogen) atoms. The molecule has 0 radical (unpaired) electrons. The fourth-order valence-electron chi connectivity index (χ4n) is 2.56. The van der Waals surface area contributed by atoms with Crippen LogP contribution in [0.3, 0.4) is 0 Å². The first-order chi connectivity index (χ1) is 9.70. The van der Waals surface area contributed by atoms with Crippen molar-refractivity contribution >= 4 is 0 Å². The van der Waals surface area contributed by atoms with Crippen molar-refractivity contribution in [3.05, 3.63) is 29.3 Å². The van der Waals surface area contributed by atoms with Crippen LogP contribution < -0.4 is 0 Å². The maximum Gasteiger partial charge on any atom is 0.119 e. The molecule has 0 amide bonds. The highest BCUT2D eigenvalue weighted by molar-refractivity contribution is 5.40. The van der Waals surface area contributed by atoms with Crippen LogP contribution in [0.15, 0.2) is 18.2 Å². The van der Waals surface area contributed by atoms with Gasteiger partial charge in [-0.25, -0.2) is 4.89 Å². The first-order valence-electron chi connectivity index (χ1n) is 7.81. The summed E-state index contributed by atoms with van der Waals surface area (Å²) in [6.45, 7) is 4.01. The molecule has 0 bridgehead atoms. The average Bonchev–Trinajstić information content (AvgIpc) is 2.46. The topological polar surface area (TPSA) is 49.7 Å². The molecule has 0 aliphatic rings. The van der Waals surface area contributed by atoms with Crippen LogP contribution in [0.25, 0.3) is 0 Å². The summed E-state index contributed by atoms with van der Waals surface area (Å²) in [5, 5.41) is 18.8. The van der Waals surface area contributed by atoms with E-state index in [2.05, 4.69) is 11.8 Å². The first kappa shape index (κ1) is 17.0. The third-order valence-corrected chi connectivity index (χ3v) is 3.81. The summed E-state index contributed by atoms with van der Waals surface area (Å²) >= 11 is 0. The van der Waals surface area contributed by atoms with Gasteiger partial charge >= 0.3 is 0 Å². The summed E-state index contributed by atoms with van der Waals surface area (Å²) in [6.07, 6.45) is 9.18. The quantitative estimate of drug-likeness (QED) is 0.350. The van der Waals surface area contributed by atoms with Crippen LogP contribution in [-0.4, -0.2) is 10.4 Å². The van der Waals surface area contributed by atoms with Gasteiger partial charge < -0.3 is 5.11 Å². The van der Waals surface area contributed by atoms with Gasteiger partial charge in [-0.1, -0.05) is 57.6 Å². The second-order valence-electron chi connectivity index (χ2n) is 5.46. The zero-order chi connectivity index (χ0) is 14.8. The molecule has 0 aliphatic carbocycles. The van der Waals surface area contributed by atoms with Crippen molar-refractivity contribution in [1.29, 1.82) is 0 Å². The second-order valence-corrected chi connectivity index (χ2v) is 5.46. The molecule has 3 heteroatoms. The van der Waals surface area contributed by atoms with Gasteiger partial charge in [-0.3, -0.25) is 5.26 Å². The minimum Gasteiger partial charge on any atom is -0.508 e. The van der Waals surface area contributed by atoms with Crippen LogP contribution in [0, 0.1) is 0 Å². The minimum atomic E-state index is -0.401. The molecule has 1 atom stereocenters. The summed E-state index contributed by atoms with van der Waals surface area (Å²) in [7, 11) is 0. The lowest BCUT2D eigenvalue weighted by Gasteiger charge is -2.15. The van der Waals surface area contributed by atoms with Crippen LogP contribution in [0.1, 0.15) is 76.0 Å². The number of rotatable bonds is 10. The molecule has 0 spiro atoms. The second kappa shape index (κ2) is 9.78. The van der Waals surface area contributed by atoms with Gasteiger partial charge in [0.05, 0.1) is 0 Å². The zero-order valence-corrected chi connectivity index (χ0v) is 12.8. The monoisotopic (exact) mass is 280 g/mol. The molecule has 0 aliphatic heterocycles. The Balaban J connectivity index is 2.43. The average molecular weight is 280 g/mol. The lowest BCUT2D eigenvalue weighted by Crippen LogP contribution is -2.02. The van der Waals surface area contributed by atoms with E-state index >= 15 is 0 Å². The molecule has 0 aromatic heterocycles. The number of aromatic hydroxyl groups is 1. The Labute approximate surface area is 122 Å². The van der Waals surface area contributed by atoms with E-state index in [1.165, 1.54) is 38.5 Å². The van der Waals surface area contributed by atoms with Crippen molar-refractivity contribution in [2.45, 2.75) is 71.3 Å². The van der Waals surface area contributed by atoms with Crippen molar-refractivity contribution in [3.63, 3.8) is 0 Å². The van der Waals surface area contributed by atoms with Gasteiger partial charge in [0.15, 0.2) is 0 Å². The summed E-state index contributed by atoms with van der Waals surface area (Å²) in [5.41, 5.74) is 1.78. The van der Waals surface area contributed by atoms with Gasteiger partial charge in [-0.15, -0.1) is 0 Å². The Morgan fingerprint density at radius 1 is 1.05 bits per heavy atom. The fraction of sp³-hybridized carbons (Fsp3) is 0.647. The van der Waals surface area contributed by atoms with E-state index in [-0.39, 0.29) is 0 Å². The summed E-state index contributed by atoms with van der Waals surface area (Å²) in [6, 6.07) is 5.38. The van der Waals surface area contributed by atoms with Crippen molar-refractivity contribution in [3.8, 4) is 5.75 Å². The summed E-state index contributed by atoms with van der Waals surface area (Å²) in [4.78, 5) is 4.39. The van der Waals surface area contributed by atoms with Crippen LogP contribution in [0.4, 0.5) is 0 Å². The van der Waals surface area contributed by atoms with E-state index in [0.29, 0.717) is 5.75 Å². The number of phenolic OH excluding ortho intramolecular Hbond substituents is 1. The van der Waals surface area contributed by atoms with E-state index in [1.807, 2.05) is 6.07 Å². The predicted molar refractivity (Wildman–Crippen MR) is 81.9 cm³/mol. The maximum atomic E-state index is 9.97. The van der Waals surface area contributed by atoms with Crippen molar-refractivity contribution in [2.75, 3.05) is 0 Å². The third-order valence-electron chi connectivity index (χ3n) is 3.81. The smallest absolute Gasteiger partial charge is 0.119 e. The number of phenols is 1. The minimum absolute atomic E-state index is 0.303. The van der Waals surface area contributed by atoms with Crippen LogP contribution in [0.2, 0.25) is 0 Å². The van der Waals surface area contributed by atoms with Gasteiger partial charge in [0, 0.05) is 0 Å². The van der Waals surface area contributed by atoms with Crippen LogP contribution in [-0.2, 0) is 11.3 Å². The molecule has 1 aromatic carbocycles. The molecule has 1 aromatic rings. The van der Waals surface area contributed by atoms with Crippen LogP contribution in [0.5, 0.6) is 5.75 Å². The van der Waals surface area contributed by atoms with E-state index in [4.69, 9.17) is 5.26 Å². The lowest BCUT2D eigenvalue weighted by molar-refractivity contribution is -0.277. The molecule has 1 rings (SSSR count). The summed E-state index contributed by atoms with van der Waals surface area (Å²) in [5.74, 6) is 0.303. The molecular formula is C17H28O3. The Kier molecular flexibility index (Phi) is 8.31. The molecule has 114 valence electrons. The number of unbranched alkanes of at least 4 members (excludes halogenated alkanes) is 6. The maximum absolute atomic E-state index is 9.97. The highest BCUT2D eigenvalue weighted by atomic mass is 17.1. The highest BCUT2D eigenvalue weighted by Gasteiger charge is 2.13. The lowest BCUT2D eigenvalue weighted by atomic mass is 9.96. The SMILES string of the molecule is CCCCCCCCCc1c(O)cccc1C(C)OO. The molecule has 1 unspecified atom stereocenters. The van der Waals surface area contributed by atoms with Crippen molar-refractivity contribution in [2.24, 2.45) is 0 Å². The van der Waals surface area contributed by atoms with E-state index in [1.54, 1.807) is 19.1 Å². The summed E-state index contributed by atoms with van der Waals surface area (Å²) < 4.78 is 0. The Bertz CT molecular complexity index is 376. The van der Waals surface area contributed by atoms with E-state index in [9.17, 15) is 5.11 Å². The third kappa shape index (κ3) is 5.51. The first-order valence-corrected chi connectivity index (χ1v) is 7.81. The molecule has 0 saturated carbocycles. The Hall–Kier alpha value is -1.06. The van der Waals surface area contributed by atoms with Crippen molar-refractivity contribution < 1.29 is 15.3 Å². The predicted octanol–water partition coefficient (Wildman–Crippen LogP) is 5.24. The molecule has 2 N–H and O–H groups in total. The molecule has 0 saturated heterocycles. The standard InChI is InChI=1S/C17H28O3/c1-3-4-5-6-7-8-9-11-16-15(14(2)20-19)12-10-13-17(16)18/h10,12-14,18-19H,3-9,11H2,1-2H3. The normalized spacial score (nSPS) is 12.6. The number of hydrogen-bond acceptors (Lipinski definition) is 3. The van der Waals surface area contributed by atoms with Gasteiger partial charge in [0.2, 0.25) is 0 Å². The van der Waals surface area contributed by atoms with Crippen molar-refractivity contribution in [1.82, 2.24) is 0 Å². The highest BCUT2D eigenvalue weighted by Crippen LogP contribution is 2.29. The van der Waals surface area contributed by atoms with Gasteiger partial charge in [0.1, 0.15) is 11.9 Å². The van der Waals surface area contributed by atoms with Gasteiger partial charge in [-0.05, 0) is 37.0 Å². The van der Waals surface area contributed by atoms with Gasteiger partial charge in [0.25, 0.3) is 0 Å².